The van der Waals surface area contributed by atoms with E-state index in [1.807, 2.05) is 0 Å². The lowest BCUT2D eigenvalue weighted by Crippen LogP contribution is -2.11. The third-order valence-corrected chi connectivity index (χ3v) is 8.88. The molecule has 0 aliphatic carbocycles. The Morgan fingerprint density at radius 2 is 1.35 bits per heavy atom. The summed E-state index contributed by atoms with van der Waals surface area (Å²) in [5.74, 6) is 0.722. The minimum atomic E-state index is 0.115. The van der Waals surface area contributed by atoms with Gasteiger partial charge in [-0.1, -0.05) is 111 Å². The molecule has 0 aliphatic rings. The fraction of sp³-hybridized carbons (Fsp3) is 0.289. The van der Waals surface area contributed by atoms with Gasteiger partial charge in [-0.3, -0.25) is 4.79 Å². The fourth-order valence-corrected chi connectivity index (χ4v) is 6.95. The van der Waals surface area contributed by atoms with Crippen LogP contribution in [0, 0.1) is 26.7 Å². The Hall–Kier alpha value is -3.91. The lowest BCUT2D eigenvalue weighted by Gasteiger charge is -2.19. The third-order valence-electron chi connectivity index (χ3n) is 8.88. The van der Waals surface area contributed by atoms with Crippen LogP contribution < -0.4 is 0 Å². The van der Waals surface area contributed by atoms with Gasteiger partial charge in [0, 0.05) is 39.2 Å². The minimum absolute atomic E-state index is 0.115. The topological polar surface area (TPSA) is 22.0 Å². The van der Waals surface area contributed by atoms with E-state index in [0.717, 1.165) is 46.0 Å². The summed E-state index contributed by atoms with van der Waals surface area (Å²) in [5, 5.41) is 7.15. The number of aryl methyl sites for hydroxylation is 3. The first kappa shape index (κ1) is 26.3. The lowest BCUT2D eigenvalue weighted by molar-refractivity contribution is 0.103. The maximum absolute atomic E-state index is 14.3. The zero-order valence-electron chi connectivity index (χ0n) is 24.5. The first-order valence-corrected chi connectivity index (χ1v) is 14.9. The number of benzene rings is 5. The number of hydrogen-bond acceptors (Lipinski definition) is 1. The van der Waals surface area contributed by atoms with Crippen molar-refractivity contribution < 1.29 is 4.79 Å². The van der Waals surface area contributed by atoms with E-state index in [9.17, 15) is 4.79 Å². The van der Waals surface area contributed by atoms with Crippen molar-refractivity contribution in [2.45, 2.75) is 66.8 Å². The Morgan fingerprint density at radius 3 is 2.05 bits per heavy atom. The van der Waals surface area contributed by atoms with Gasteiger partial charge >= 0.3 is 0 Å². The van der Waals surface area contributed by atoms with E-state index in [1.54, 1.807) is 0 Å². The number of rotatable bonds is 8. The van der Waals surface area contributed by atoms with Gasteiger partial charge in [0.25, 0.3) is 0 Å². The Bertz CT molecular complexity index is 1880. The molecule has 2 nitrogen and oxygen atoms in total. The maximum atomic E-state index is 14.3. The summed E-state index contributed by atoms with van der Waals surface area (Å²) < 4.78 is 2.59. The second kappa shape index (κ2) is 10.6. The molecule has 5 aromatic carbocycles. The summed E-state index contributed by atoms with van der Waals surface area (Å²) in [5.41, 5.74) is 7.45. The third kappa shape index (κ3) is 4.31. The number of aromatic nitrogens is 1. The smallest absolute Gasteiger partial charge is 0.194 e. The largest absolute Gasteiger partial charge is 0.339 e. The zero-order chi connectivity index (χ0) is 28.0. The van der Waals surface area contributed by atoms with E-state index in [1.165, 1.54) is 57.4 Å². The number of carbonyl (C=O) groups is 1. The van der Waals surface area contributed by atoms with Gasteiger partial charge in [-0.2, -0.15) is 0 Å². The Morgan fingerprint density at radius 1 is 0.725 bits per heavy atom. The monoisotopic (exact) mass is 525 g/mol. The van der Waals surface area contributed by atoms with Crippen LogP contribution >= 0.6 is 0 Å². The van der Waals surface area contributed by atoms with Crippen molar-refractivity contribution in [3.8, 4) is 0 Å². The number of hydrogen-bond donors (Lipinski definition) is 0. The van der Waals surface area contributed by atoms with Crippen LogP contribution in [0.5, 0.6) is 0 Å². The van der Waals surface area contributed by atoms with Gasteiger partial charge < -0.3 is 4.57 Å². The molecular formula is C38H39NO. The molecule has 1 atom stereocenters. The van der Waals surface area contributed by atoms with Crippen LogP contribution in [0.2, 0.25) is 0 Å². The van der Waals surface area contributed by atoms with Gasteiger partial charge in [-0.05, 0) is 61.1 Å². The van der Waals surface area contributed by atoms with Gasteiger partial charge in [0.2, 0.25) is 0 Å². The van der Waals surface area contributed by atoms with Crippen molar-refractivity contribution in [2.24, 2.45) is 5.92 Å². The molecular weight excluding hydrogens is 486 g/mol. The van der Waals surface area contributed by atoms with Gasteiger partial charge in [0.1, 0.15) is 0 Å². The predicted molar refractivity (Wildman–Crippen MR) is 172 cm³/mol. The van der Waals surface area contributed by atoms with Crippen LogP contribution in [0.3, 0.4) is 0 Å². The van der Waals surface area contributed by atoms with Gasteiger partial charge in [-0.15, -0.1) is 0 Å². The molecule has 1 aromatic heterocycles. The van der Waals surface area contributed by atoms with E-state index in [0.29, 0.717) is 5.92 Å². The van der Waals surface area contributed by atoms with Gasteiger partial charge in [0.15, 0.2) is 5.78 Å². The van der Waals surface area contributed by atoms with E-state index in [2.05, 4.69) is 118 Å². The van der Waals surface area contributed by atoms with Gasteiger partial charge in [-0.25, -0.2) is 0 Å². The number of carbonyl (C=O) groups excluding carboxylic acids is 1. The molecule has 40 heavy (non-hydrogen) atoms. The van der Waals surface area contributed by atoms with Crippen molar-refractivity contribution in [1.82, 2.24) is 4.57 Å². The Balaban J connectivity index is 1.71. The zero-order valence-corrected chi connectivity index (χ0v) is 24.5. The van der Waals surface area contributed by atoms with Crippen molar-refractivity contribution in [1.29, 1.82) is 0 Å². The number of fused-ring (bicyclic) bond motifs is 7. The maximum Gasteiger partial charge on any atom is 0.194 e. The molecule has 6 rings (SSSR count). The van der Waals surface area contributed by atoms with Crippen LogP contribution in [0.25, 0.3) is 43.4 Å². The van der Waals surface area contributed by atoms with Crippen molar-refractivity contribution in [2.75, 3.05) is 0 Å². The lowest BCUT2D eigenvalue weighted by atomic mass is 9.89. The molecule has 1 heterocycles. The Labute approximate surface area is 237 Å². The van der Waals surface area contributed by atoms with E-state index < -0.39 is 0 Å². The minimum Gasteiger partial charge on any atom is -0.339 e. The van der Waals surface area contributed by atoms with Crippen LogP contribution in [-0.4, -0.2) is 10.4 Å². The highest BCUT2D eigenvalue weighted by Crippen LogP contribution is 2.41. The van der Waals surface area contributed by atoms with E-state index >= 15 is 0 Å². The molecule has 0 N–H and O–H groups in total. The molecule has 0 fully saturated rings. The number of unbranched alkanes of at least 4 members (excludes halogenated alkanes) is 1. The molecule has 0 amide bonds. The molecule has 0 aliphatic heterocycles. The molecule has 1 unspecified atom stereocenters. The van der Waals surface area contributed by atoms with Crippen LogP contribution in [0.15, 0.2) is 78.9 Å². The molecule has 0 spiro atoms. The molecule has 2 heteroatoms. The highest BCUT2D eigenvalue weighted by Gasteiger charge is 2.23. The van der Waals surface area contributed by atoms with Crippen molar-refractivity contribution >= 4 is 49.1 Å². The number of nitrogens with zero attached hydrogens (tertiary/aromatic N) is 1. The highest BCUT2D eigenvalue weighted by molar-refractivity contribution is 6.28. The van der Waals surface area contributed by atoms with Crippen LogP contribution in [0.4, 0.5) is 0 Å². The predicted octanol–water partition coefficient (Wildman–Crippen LogP) is 10.5. The summed E-state index contributed by atoms with van der Waals surface area (Å²) in [6.07, 6.45) is 4.87. The average molecular weight is 526 g/mol. The van der Waals surface area contributed by atoms with Crippen molar-refractivity contribution in [3.63, 3.8) is 0 Å². The summed E-state index contributed by atoms with van der Waals surface area (Å²) in [6.45, 7) is 11.8. The van der Waals surface area contributed by atoms with Gasteiger partial charge in [0.05, 0.1) is 11.0 Å². The quantitative estimate of drug-likeness (QED) is 0.181. The summed E-state index contributed by atoms with van der Waals surface area (Å²) >= 11 is 0. The average Bonchev–Trinajstić information content (AvgIpc) is 3.27. The molecule has 0 saturated heterocycles. The Kier molecular flexibility index (Phi) is 6.96. The molecule has 202 valence electrons. The first-order chi connectivity index (χ1) is 19.4. The van der Waals surface area contributed by atoms with Crippen LogP contribution in [-0.2, 0) is 6.54 Å². The molecule has 6 aromatic rings. The molecule has 0 radical (unpaired) electrons. The SMILES string of the molecule is CCCCC(CC)Cn1c2c3ccccc3ccc2c2cc(C(=O)c3c(C)cc(C)cc3C)c3ccccc3c21. The second-order valence-corrected chi connectivity index (χ2v) is 11.7. The molecule has 0 bridgehead atoms. The van der Waals surface area contributed by atoms with E-state index in [4.69, 9.17) is 0 Å². The van der Waals surface area contributed by atoms with E-state index in [-0.39, 0.29) is 5.78 Å². The van der Waals surface area contributed by atoms with Crippen LogP contribution in [0.1, 0.15) is 72.1 Å². The summed E-state index contributed by atoms with van der Waals surface area (Å²) in [7, 11) is 0. The van der Waals surface area contributed by atoms with Crippen molar-refractivity contribution in [3.05, 3.63) is 107 Å². The number of ketones is 1. The molecule has 0 saturated carbocycles. The normalized spacial score (nSPS) is 12.6. The summed E-state index contributed by atoms with van der Waals surface area (Å²) in [6, 6.07) is 28.2. The summed E-state index contributed by atoms with van der Waals surface area (Å²) in [4.78, 5) is 14.3. The second-order valence-electron chi connectivity index (χ2n) is 11.7. The first-order valence-electron chi connectivity index (χ1n) is 14.9. The highest BCUT2D eigenvalue weighted by atomic mass is 16.1. The standard InChI is InChI=1S/C38H39NO/c1-6-8-13-27(7-2)23-39-36-29-15-10-9-14-28(29)18-19-32(36)33-22-34(30-16-11-12-17-31(30)37(33)39)38(40)35-25(4)20-24(3)21-26(35)5/h9-12,14-22,27H,6-8,13,23H2,1-5H3. The fourth-order valence-electron chi connectivity index (χ4n) is 6.95.